The summed E-state index contributed by atoms with van der Waals surface area (Å²) >= 11 is 0. The Hall–Kier alpha value is -10.2. The number of allylic oxidation sites excluding steroid dienone is 2. The topological polar surface area (TPSA) is 13.0 Å². The predicted molar refractivity (Wildman–Crippen MR) is 369 cm³/mol. The number of benzene rings is 12. The van der Waals surface area contributed by atoms with Crippen molar-refractivity contribution < 1.29 is 0 Å². The van der Waals surface area contributed by atoms with Crippen molar-refractivity contribution in [3.63, 3.8) is 0 Å². The quantitative estimate of drug-likeness (QED) is 0.101. The molecule has 13 rings (SSSR count). The molecule has 0 aliphatic heterocycles. The number of hydrogen-bond acceptors (Lipinski definition) is 4. The van der Waals surface area contributed by atoms with Crippen molar-refractivity contribution in [2.24, 2.45) is 0 Å². The highest BCUT2D eigenvalue weighted by molar-refractivity contribution is 6.23. The summed E-state index contributed by atoms with van der Waals surface area (Å²) < 4.78 is 0. The van der Waals surface area contributed by atoms with Crippen LogP contribution in [0.1, 0.15) is 52.3 Å². The summed E-state index contributed by atoms with van der Waals surface area (Å²) in [6.45, 7) is 17.3. The zero-order valence-corrected chi connectivity index (χ0v) is 50.6. The molecule has 12 aromatic rings. The zero-order chi connectivity index (χ0) is 59.0. The van der Waals surface area contributed by atoms with Crippen LogP contribution in [0.5, 0.6) is 0 Å². The normalized spacial score (nSPS) is 13.0. The molecule has 1 atom stereocenters. The molecule has 0 aromatic heterocycles. The molecule has 1 unspecified atom stereocenters. The second kappa shape index (κ2) is 23.5. The molecular formula is C82H72N4. The molecule has 0 bridgehead atoms. The van der Waals surface area contributed by atoms with Gasteiger partial charge in [-0.3, -0.25) is 0 Å². The number of anilines is 11. The molecular weight excluding hydrogens is 1040 g/mol. The number of rotatable bonds is 14. The minimum absolute atomic E-state index is 0.162. The first-order chi connectivity index (χ1) is 41.9. The minimum Gasteiger partial charge on any atom is -0.334 e. The first-order valence-corrected chi connectivity index (χ1v) is 30.1. The van der Waals surface area contributed by atoms with E-state index in [1.807, 2.05) is 0 Å². The average molecular weight is 1110 g/mol. The molecule has 4 nitrogen and oxygen atoms in total. The highest BCUT2D eigenvalue weighted by Crippen LogP contribution is 2.50. The summed E-state index contributed by atoms with van der Waals surface area (Å²) in [5, 5.41) is 4.67. The van der Waals surface area contributed by atoms with Crippen molar-refractivity contribution in [3.05, 3.63) is 318 Å². The Kier molecular flexibility index (Phi) is 15.0. The Morgan fingerprint density at radius 1 is 0.256 bits per heavy atom. The van der Waals surface area contributed by atoms with Gasteiger partial charge < -0.3 is 19.6 Å². The molecule has 0 spiro atoms. The van der Waals surface area contributed by atoms with Crippen LogP contribution in [0.3, 0.4) is 0 Å². The first kappa shape index (κ1) is 55.1. The van der Waals surface area contributed by atoms with Crippen molar-refractivity contribution in [1.82, 2.24) is 0 Å². The fraction of sp³-hybridized carbons (Fsp3) is 0.122. The summed E-state index contributed by atoms with van der Waals surface area (Å²) in [6, 6.07) is 95.6. The fourth-order valence-electron chi connectivity index (χ4n) is 12.3. The molecule has 1 aliphatic rings. The van der Waals surface area contributed by atoms with Gasteiger partial charge in [0.2, 0.25) is 0 Å². The van der Waals surface area contributed by atoms with Crippen LogP contribution in [0, 0.1) is 48.5 Å². The van der Waals surface area contributed by atoms with Crippen LogP contribution >= 0.6 is 0 Å². The van der Waals surface area contributed by atoms with Gasteiger partial charge in [0.1, 0.15) is 0 Å². The summed E-state index contributed by atoms with van der Waals surface area (Å²) in [5.74, 6) is 0. The predicted octanol–water partition coefficient (Wildman–Crippen LogP) is 23.3. The lowest BCUT2D eigenvalue weighted by Gasteiger charge is -2.33. The highest BCUT2D eigenvalue weighted by atomic mass is 15.2. The van der Waals surface area contributed by atoms with E-state index in [2.05, 4.69) is 348 Å². The van der Waals surface area contributed by atoms with Crippen LogP contribution in [0.25, 0.3) is 43.8 Å². The third-order valence-corrected chi connectivity index (χ3v) is 17.1. The highest BCUT2D eigenvalue weighted by Gasteiger charge is 2.25. The number of nitrogens with zero attached hydrogens (tertiary/aromatic N) is 4. The number of hydrogen-bond donors (Lipinski definition) is 0. The molecule has 0 amide bonds. The van der Waals surface area contributed by atoms with E-state index in [1.165, 1.54) is 72.1 Å². The average Bonchev–Trinajstić information content (AvgIpc) is 0.977. The Morgan fingerprint density at radius 2 is 0.500 bits per heavy atom. The molecule has 86 heavy (non-hydrogen) atoms. The lowest BCUT2D eigenvalue weighted by molar-refractivity contribution is 0.779. The maximum absolute atomic E-state index is 2.50. The molecule has 0 N–H and O–H groups in total. The van der Waals surface area contributed by atoms with Crippen LogP contribution in [0.4, 0.5) is 62.6 Å². The molecule has 12 aromatic carbocycles. The third-order valence-electron chi connectivity index (χ3n) is 17.1. The van der Waals surface area contributed by atoms with Gasteiger partial charge >= 0.3 is 0 Å². The molecule has 0 fully saturated rings. The largest absolute Gasteiger partial charge is 0.334 e. The standard InChI is InChI=1S/C82H72N4/c1-55-9-29-65(30-10-55)83(66-31-11-56(2)12-32-66)73-45-25-63(26-46-73)81-77-51-49-75(85(69-37-17-59(5)18-38-69)70-39-19-60(6)20-40-70)53-79(77)82(64-27-47-74(48-28-64)84(67-33-13-57(3)14-34-67)68-35-15-58(4)16-36-68)80-54-76(50-52-78(80)81)86(71-41-21-61(7)22-42-71)72-43-23-62(8)24-44-72/h9-35,37-54,68H,36H2,1-8H3. The van der Waals surface area contributed by atoms with Gasteiger partial charge in [-0.15, -0.1) is 0 Å². The van der Waals surface area contributed by atoms with E-state index in [-0.39, 0.29) is 6.04 Å². The third kappa shape index (κ3) is 11.1. The minimum atomic E-state index is 0.162. The van der Waals surface area contributed by atoms with Gasteiger partial charge in [-0.05, 0) is 239 Å². The lowest BCUT2D eigenvalue weighted by atomic mass is 9.85. The van der Waals surface area contributed by atoms with E-state index in [0.717, 1.165) is 85.2 Å². The van der Waals surface area contributed by atoms with Crippen molar-refractivity contribution >= 4 is 84.1 Å². The SMILES string of the molecule is CC1=CCC(N(c2ccc(C)cc2)c2ccc(-c3c4cc(N(c5ccc(C)cc5)c5ccc(C)cc5)ccc4c(-c4ccc(N(c5ccc(C)cc5)c5ccc(C)cc5)cc4)c4ccc(N(c5ccc(C)cc5)c5ccc(C)cc5)cc34)cc2)C=C1. The van der Waals surface area contributed by atoms with Crippen molar-refractivity contribution in [2.75, 3.05) is 19.6 Å². The van der Waals surface area contributed by atoms with Gasteiger partial charge in [0.05, 0.1) is 6.04 Å². The Labute approximate surface area is 508 Å². The summed E-state index contributed by atoms with van der Waals surface area (Å²) in [4.78, 5) is 9.69. The van der Waals surface area contributed by atoms with E-state index in [4.69, 9.17) is 0 Å². The number of aryl methyl sites for hydroxylation is 7. The van der Waals surface area contributed by atoms with Crippen LogP contribution in [0.2, 0.25) is 0 Å². The fourth-order valence-corrected chi connectivity index (χ4v) is 12.3. The molecule has 0 saturated carbocycles. The maximum Gasteiger partial charge on any atom is 0.0560 e. The second-order valence-electron chi connectivity index (χ2n) is 23.6. The van der Waals surface area contributed by atoms with Crippen LogP contribution in [-0.2, 0) is 0 Å². The van der Waals surface area contributed by atoms with E-state index in [9.17, 15) is 0 Å². The van der Waals surface area contributed by atoms with E-state index >= 15 is 0 Å². The smallest absolute Gasteiger partial charge is 0.0560 e. The van der Waals surface area contributed by atoms with Gasteiger partial charge in [-0.1, -0.05) is 184 Å². The van der Waals surface area contributed by atoms with Gasteiger partial charge in [0.25, 0.3) is 0 Å². The molecule has 0 radical (unpaired) electrons. The van der Waals surface area contributed by atoms with E-state index < -0.39 is 0 Å². The Balaban J connectivity index is 1.09. The maximum atomic E-state index is 2.50. The van der Waals surface area contributed by atoms with Crippen LogP contribution in [-0.4, -0.2) is 6.04 Å². The van der Waals surface area contributed by atoms with E-state index in [0.29, 0.717) is 0 Å². The number of fused-ring (bicyclic) bond motifs is 2. The van der Waals surface area contributed by atoms with Crippen molar-refractivity contribution in [2.45, 2.75) is 67.9 Å². The first-order valence-electron chi connectivity index (χ1n) is 30.1. The van der Waals surface area contributed by atoms with Crippen molar-refractivity contribution in [3.8, 4) is 22.3 Å². The Morgan fingerprint density at radius 3 is 0.791 bits per heavy atom. The molecule has 1 aliphatic carbocycles. The Bertz CT molecular complexity index is 4150. The van der Waals surface area contributed by atoms with Gasteiger partial charge in [0.15, 0.2) is 0 Å². The van der Waals surface area contributed by atoms with Gasteiger partial charge in [-0.2, -0.15) is 0 Å². The van der Waals surface area contributed by atoms with E-state index in [1.54, 1.807) is 0 Å². The molecule has 420 valence electrons. The summed E-state index contributed by atoms with van der Waals surface area (Å²) in [5.41, 5.74) is 26.7. The lowest BCUT2D eigenvalue weighted by Crippen LogP contribution is -2.30. The van der Waals surface area contributed by atoms with Gasteiger partial charge in [-0.25, -0.2) is 0 Å². The molecule has 4 heteroatoms. The molecule has 0 heterocycles. The van der Waals surface area contributed by atoms with Crippen LogP contribution < -0.4 is 19.6 Å². The van der Waals surface area contributed by atoms with Gasteiger partial charge in [0, 0.05) is 62.6 Å². The second-order valence-corrected chi connectivity index (χ2v) is 23.6. The molecule has 0 saturated heterocycles. The monoisotopic (exact) mass is 1110 g/mol. The zero-order valence-electron chi connectivity index (χ0n) is 50.6. The summed E-state index contributed by atoms with van der Waals surface area (Å²) in [7, 11) is 0. The van der Waals surface area contributed by atoms with Crippen molar-refractivity contribution in [1.29, 1.82) is 0 Å². The van der Waals surface area contributed by atoms with Crippen LogP contribution in [0.15, 0.2) is 279 Å². The summed E-state index contributed by atoms with van der Waals surface area (Å²) in [6.07, 6.45) is 7.92.